The van der Waals surface area contributed by atoms with Gasteiger partial charge >= 0.3 is 0 Å². The molecule has 0 unspecified atom stereocenters. The number of halogens is 2. The van der Waals surface area contributed by atoms with Gasteiger partial charge in [-0.05, 0) is 57.3 Å². The number of nitrogens with zero attached hydrogens (tertiary/aromatic N) is 4. The van der Waals surface area contributed by atoms with Crippen molar-refractivity contribution in [3.63, 3.8) is 0 Å². The lowest BCUT2D eigenvalue weighted by Gasteiger charge is -2.38. The van der Waals surface area contributed by atoms with E-state index < -0.39 is 5.82 Å². The number of rotatable bonds is 7. The molecule has 11 heteroatoms. The van der Waals surface area contributed by atoms with Crippen LogP contribution in [-0.4, -0.2) is 50.5 Å². The highest BCUT2D eigenvalue weighted by Gasteiger charge is 2.33. The maximum absolute atomic E-state index is 13.4. The van der Waals surface area contributed by atoms with Gasteiger partial charge in [0.1, 0.15) is 5.82 Å². The molecule has 0 bridgehead atoms. The summed E-state index contributed by atoms with van der Waals surface area (Å²) in [6, 6.07) is 4.26. The average Bonchev–Trinajstić information content (AvgIpc) is 3.33. The number of hydroxylamine groups is 1. The van der Waals surface area contributed by atoms with E-state index in [1.807, 2.05) is 17.4 Å². The lowest BCUT2D eigenvalue weighted by Crippen LogP contribution is -2.45. The van der Waals surface area contributed by atoms with Crippen molar-refractivity contribution in [2.45, 2.75) is 18.1 Å². The third kappa shape index (κ3) is 4.60. The monoisotopic (exact) mass is 456 g/mol. The Kier molecular flexibility index (Phi) is 5.62. The van der Waals surface area contributed by atoms with Crippen molar-refractivity contribution in [1.29, 1.82) is 0 Å². The number of hydrogen-bond acceptors (Lipinski definition) is 8. The molecule has 2 fully saturated rings. The Morgan fingerprint density at radius 3 is 2.93 bits per heavy atom. The van der Waals surface area contributed by atoms with Crippen molar-refractivity contribution in [3.05, 3.63) is 34.2 Å². The van der Waals surface area contributed by atoms with Crippen LogP contribution in [0, 0.1) is 11.7 Å². The first-order valence-electron chi connectivity index (χ1n) is 8.54. The third-order valence-corrected chi connectivity index (χ3v) is 6.24. The fourth-order valence-electron chi connectivity index (χ4n) is 2.64. The molecule has 1 aromatic carbocycles. The second-order valence-electron chi connectivity index (χ2n) is 6.53. The van der Waals surface area contributed by atoms with Crippen molar-refractivity contribution in [2.24, 2.45) is 10.9 Å². The summed E-state index contributed by atoms with van der Waals surface area (Å²) < 4.78 is 20.8. The minimum atomic E-state index is -0.396. The molecular weight excluding hydrogens is 439 g/mol. The van der Waals surface area contributed by atoms with Gasteiger partial charge in [-0.2, -0.15) is 0 Å². The predicted molar refractivity (Wildman–Crippen MR) is 104 cm³/mol. The fraction of sp³-hybridized carbons (Fsp3) is 0.438. The average molecular weight is 457 g/mol. The number of amidine groups is 1. The van der Waals surface area contributed by atoms with E-state index in [4.69, 9.17) is 4.63 Å². The van der Waals surface area contributed by atoms with Crippen molar-refractivity contribution in [1.82, 2.24) is 20.1 Å². The summed E-state index contributed by atoms with van der Waals surface area (Å²) in [5, 5.41) is 21.1. The van der Waals surface area contributed by atoms with Crippen LogP contribution in [0.5, 0.6) is 0 Å². The Labute approximate surface area is 167 Å². The van der Waals surface area contributed by atoms with Crippen molar-refractivity contribution in [3.8, 4) is 0 Å². The second-order valence-corrected chi connectivity index (χ2v) is 8.78. The SMILES string of the molecule is ONC(=Nc1ccc(F)c(Br)c1)c1nonc1NCC1CN(SC2CC2)C1. The van der Waals surface area contributed by atoms with Crippen LogP contribution < -0.4 is 10.8 Å². The van der Waals surface area contributed by atoms with E-state index in [0.29, 0.717) is 17.4 Å². The van der Waals surface area contributed by atoms with Crippen molar-refractivity contribution < 1.29 is 14.2 Å². The first kappa shape index (κ1) is 18.7. The molecule has 8 nitrogen and oxygen atoms in total. The Morgan fingerprint density at radius 2 is 2.22 bits per heavy atom. The molecule has 1 aliphatic heterocycles. The van der Waals surface area contributed by atoms with Crippen LogP contribution in [0.3, 0.4) is 0 Å². The summed E-state index contributed by atoms with van der Waals surface area (Å²) in [4.78, 5) is 4.24. The van der Waals surface area contributed by atoms with Crippen LogP contribution in [0.1, 0.15) is 18.5 Å². The number of anilines is 1. The summed E-state index contributed by atoms with van der Waals surface area (Å²) >= 11 is 5.07. The molecule has 0 atom stereocenters. The zero-order chi connectivity index (χ0) is 18.8. The Morgan fingerprint density at radius 1 is 1.41 bits per heavy atom. The maximum atomic E-state index is 13.4. The highest BCUT2D eigenvalue weighted by molar-refractivity contribution is 9.10. The van der Waals surface area contributed by atoms with Crippen LogP contribution in [0.15, 0.2) is 32.3 Å². The highest BCUT2D eigenvalue weighted by Crippen LogP contribution is 2.39. The molecule has 2 heterocycles. The van der Waals surface area contributed by atoms with Crippen molar-refractivity contribution >= 4 is 45.2 Å². The van der Waals surface area contributed by atoms with Gasteiger partial charge in [0.2, 0.25) is 5.82 Å². The minimum Gasteiger partial charge on any atom is -0.365 e. The van der Waals surface area contributed by atoms with E-state index in [1.165, 1.54) is 31.0 Å². The molecule has 144 valence electrons. The normalized spacial score (nSPS) is 18.4. The van der Waals surface area contributed by atoms with E-state index in [1.54, 1.807) is 0 Å². The molecule has 2 aliphatic rings. The fourth-order valence-corrected chi connectivity index (χ4v) is 4.37. The quantitative estimate of drug-likeness (QED) is 0.253. The largest absolute Gasteiger partial charge is 0.365 e. The van der Waals surface area contributed by atoms with Gasteiger partial charge in [0, 0.05) is 30.8 Å². The van der Waals surface area contributed by atoms with Gasteiger partial charge in [-0.1, -0.05) is 11.9 Å². The molecule has 0 radical (unpaired) electrons. The summed E-state index contributed by atoms with van der Waals surface area (Å²) in [7, 11) is 0. The van der Waals surface area contributed by atoms with Gasteiger partial charge in [0.25, 0.3) is 0 Å². The Balaban J connectivity index is 1.39. The van der Waals surface area contributed by atoms with Gasteiger partial charge in [-0.25, -0.2) is 18.3 Å². The second kappa shape index (κ2) is 8.13. The molecule has 27 heavy (non-hydrogen) atoms. The number of hydrogen-bond donors (Lipinski definition) is 3. The zero-order valence-electron chi connectivity index (χ0n) is 14.2. The smallest absolute Gasteiger partial charge is 0.202 e. The minimum absolute atomic E-state index is 0.0526. The molecule has 4 rings (SSSR count). The molecular formula is C16H18BrFN6O2S. The van der Waals surface area contributed by atoms with E-state index in [-0.39, 0.29) is 16.0 Å². The van der Waals surface area contributed by atoms with Gasteiger partial charge in [-0.3, -0.25) is 10.7 Å². The topological polar surface area (TPSA) is 98.8 Å². The van der Waals surface area contributed by atoms with Crippen LogP contribution in [0.25, 0.3) is 0 Å². The molecule has 3 N–H and O–H groups in total. The van der Waals surface area contributed by atoms with Crippen LogP contribution in [0.2, 0.25) is 0 Å². The molecule has 1 aliphatic carbocycles. The lowest BCUT2D eigenvalue weighted by molar-refractivity contribution is 0.231. The summed E-state index contributed by atoms with van der Waals surface area (Å²) in [6.07, 6.45) is 2.66. The van der Waals surface area contributed by atoms with E-state index in [0.717, 1.165) is 24.9 Å². The van der Waals surface area contributed by atoms with Crippen LogP contribution >= 0.6 is 27.9 Å². The van der Waals surface area contributed by atoms with Crippen LogP contribution in [-0.2, 0) is 0 Å². The summed E-state index contributed by atoms with van der Waals surface area (Å²) in [5.74, 6) is 0.574. The van der Waals surface area contributed by atoms with Gasteiger partial charge in [0.15, 0.2) is 11.5 Å². The first-order chi connectivity index (χ1) is 13.1. The number of aromatic nitrogens is 2. The highest BCUT2D eigenvalue weighted by atomic mass is 79.9. The lowest BCUT2D eigenvalue weighted by atomic mass is 10.0. The predicted octanol–water partition coefficient (Wildman–Crippen LogP) is 3.18. The molecule has 0 spiro atoms. The van der Waals surface area contributed by atoms with Gasteiger partial charge < -0.3 is 5.32 Å². The Bertz CT molecular complexity index is 840. The number of nitrogens with one attached hydrogen (secondary N) is 2. The standard InChI is InChI=1S/C16H18BrFN6O2S/c17-12-5-10(1-4-13(12)18)20-16(21-25)14-15(23-26-22-14)19-6-9-7-24(8-9)27-11-2-3-11/h1,4-5,9,11,25H,2-3,6-8H2,(H,19,23)(H,20,21). The zero-order valence-corrected chi connectivity index (χ0v) is 16.6. The van der Waals surface area contributed by atoms with E-state index >= 15 is 0 Å². The molecule has 0 amide bonds. The Hall–Kier alpha value is -1.69. The molecule has 1 saturated heterocycles. The third-order valence-electron chi connectivity index (χ3n) is 4.27. The van der Waals surface area contributed by atoms with Crippen molar-refractivity contribution in [2.75, 3.05) is 25.0 Å². The van der Waals surface area contributed by atoms with Gasteiger partial charge in [-0.15, -0.1) is 0 Å². The molecule has 2 aromatic rings. The molecule has 1 saturated carbocycles. The summed E-state index contributed by atoms with van der Waals surface area (Å²) in [5.41, 5.74) is 2.69. The summed E-state index contributed by atoms with van der Waals surface area (Å²) in [6.45, 7) is 2.80. The van der Waals surface area contributed by atoms with Crippen LogP contribution in [0.4, 0.5) is 15.9 Å². The maximum Gasteiger partial charge on any atom is 0.202 e. The number of benzene rings is 1. The van der Waals surface area contributed by atoms with E-state index in [9.17, 15) is 9.60 Å². The van der Waals surface area contributed by atoms with Gasteiger partial charge in [0.05, 0.1) is 10.2 Å². The molecule has 1 aromatic heterocycles. The van der Waals surface area contributed by atoms with E-state index in [2.05, 4.69) is 40.9 Å². The first-order valence-corrected chi connectivity index (χ1v) is 10.2. The number of aliphatic imine (C=N–C) groups is 1.